The molecule has 0 atom stereocenters. The lowest BCUT2D eigenvalue weighted by Crippen LogP contribution is -2.27. The van der Waals surface area contributed by atoms with E-state index in [1.165, 1.54) is 18.0 Å². The van der Waals surface area contributed by atoms with Gasteiger partial charge in [-0.2, -0.15) is 0 Å². The fraction of sp³-hybridized carbons (Fsp3) is 0.333. The molecule has 1 aromatic carbocycles. The van der Waals surface area contributed by atoms with Gasteiger partial charge in [0.1, 0.15) is 11.4 Å². The molecule has 120 valence electrons. The summed E-state index contributed by atoms with van der Waals surface area (Å²) in [6.07, 6.45) is 0.817. The zero-order valence-corrected chi connectivity index (χ0v) is 13.6. The van der Waals surface area contributed by atoms with Gasteiger partial charge in [0, 0.05) is 11.9 Å². The number of anilines is 1. The van der Waals surface area contributed by atoms with E-state index in [0.29, 0.717) is 11.4 Å². The van der Waals surface area contributed by atoms with Crippen molar-refractivity contribution in [2.75, 3.05) is 11.1 Å². The van der Waals surface area contributed by atoms with Crippen LogP contribution in [0.15, 0.2) is 35.9 Å². The summed E-state index contributed by atoms with van der Waals surface area (Å²) in [4.78, 5) is 23.1. The number of esters is 1. The molecule has 1 amide bonds. The van der Waals surface area contributed by atoms with Gasteiger partial charge < -0.3 is 15.2 Å². The topological polar surface area (TPSA) is 90.6 Å². The number of carbonyl (C=O) groups excluding carboxylic acids is 2. The van der Waals surface area contributed by atoms with Crippen molar-refractivity contribution < 1.29 is 19.1 Å². The van der Waals surface area contributed by atoms with Crippen LogP contribution in [0.5, 0.6) is 5.75 Å². The maximum atomic E-state index is 11.6. The molecule has 3 N–H and O–H groups in total. The van der Waals surface area contributed by atoms with E-state index in [-0.39, 0.29) is 11.7 Å². The maximum absolute atomic E-state index is 11.6. The Bertz CT molecular complexity index is 535. The molecule has 0 heterocycles. The third kappa shape index (κ3) is 7.58. The number of amides is 1. The summed E-state index contributed by atoms with van der Waals surface area (Å²) in [6, 6.07) is 6.43. The predicted octanol–water partition coefficient (Wildman–Crippen LogP) is 3.10. The van der Waals surface area contributed by atoms with E-state index in [1.54, 1.807) is 50.4 Å². The van der Waals surface area contributed by atoms with E-state index in [2.05, 4.69) is 5.32 Å². The molecular formula is C15H20N2O4S. The zero-order valence-electron chi connectivity index (χ0n) is 12.8. The molecule has 0 saturated heterocycles. The molecule has 0 radical (unpaired) electrons. The summed E-state index contributed by atoms with van der Waals surface area (Å²) < 4.78 is 10.3. The second kappa shape index (κ2) is 8.33. The first-order valence-electron chi connectivity index (χ1n) is 6.59. The van der Waals surface area contributed by atoms with Crippen molar-refractivity contribution in [1.82, 2.24) is 0 Å². The third-order valence-electron chi connectivity index (χ3n) is 2.11. The van der Waals surface area contributed by atoms with Gasteiger partial charge in [-0.05, 0) is 50.4 Å². The smallest absolute Gasteiger partial charge is 0.412 e. The van der Waals surface area contributed by atoms with Gasteiger partial charge in [0.2, 0.25) is 0 Å². The van der Waals surface area contributed by atoms with Crippen LogP contribution in [0, 0.1) is 0 Å². The van der Waals surface area contributed by atoms with Crippen LogP contribution in [-0.2, 0) is 9.53 Å². The average Bonchev–Trinajstić information content (AvgIpc) is 2.39. The summed E-state index contributed by atoms with van der Waals surface area (Å²) in [7, 11) is 0. The first kappa shape index (κ1) is 17.9. The Kier molecular flexibility index (Phi) is 6.78. The first-order chi connectivity index (χ1) is 10.3. The highest BCUT2D eigenvalue weighted by molar-refractivity contribution is 8.02. The van der Waals surface area contributed by atoms with Gasteiger partial charge in [0.25, 0.3) is 0 Å². The van der Waals surface area contributed by atoms with Crippen LogP contribution in [-0.4, -0.2) is 23.4 Å². The van der Waals surface area contributed by atoms with Gasteiger partial charge in [0.15, 0.2) is 0 Å². The minimum absolute atomic E-state index is 0.172. The monoisotopic (exact) mass is 324 g/mol. The molecule has 1 aromatic rings. The standard InChI is InChI=1S/C15H20N2O4S/c1-15(2,3)21-14(19)17-11-4-6-12(7-5-11)20-13(18)10-22-9-8-16/h4-9H,10,16H2,1-3H3,(H,17,19)/b9-8-. The first-order valence-corrected chi connectivity index (χ1v) is 7.64. The Labute approximate surface area is 134 Å². The number of ether oxygens (including phenoxy) is 2. The molecule has 0 bridgehead atoms. The van der Waals surface area contributed by atoms with Crippen LogP contribution >= 0.6 is 11.8 Å². The molecule has 1 rings (SSSR count). The molecule has 0 aliphatic heterocycles. The lowest BCUT2D eigenvalue weighted by molar-refractivity contribution is -0.131. The number of carbonyl (C=O) groups is 2. The number of hydrogen-bond donors (Lipinski definition) is 2. The van der Waals surface area contributed by atoms with Crippen LogP contribution in [0.25, 0.3) is 0 Å². The largest absolute Gasteiger partial charge is 0.444 e. The summed E-state index contributed by atoms with van der Waals surface area (Å²) in [6.45, 7) is 5.35. The van der Waals surface area contributed by atoms with E-state index in [4.69, 9.17) is 15.2 Å². The van der Waals surface area contributed by atoms with Crippen molar-refractivity contribution in [3.63, 3.8) is 0 Å². The van der Waals surface area contributed by atoms with Gasteiger partial charge in [0.05, 0.1) is 5.75 Å². The van der Waals surface area contributed by atoms with Crippen molar-refractivity contribution in [1.29, 1.82) is 0 Å². The summed E-state index contributed by atoms with van der Waals surface area (Å²) in [5, 5.41) is 4.20. The van der Waals surface area contributed by atoms with Crippen LogP contribution in [0.4, 0.5) is 10.5 Å². The van der Waals surface area contributed by atoms with Crippen molar-refractivity contribution >= 4 is 29.5 Å². The maximum Gasteiger partial charge on any atom is 0.412 e. The SMILES string of the molecule is CC(C)(C)OC(=O)Nc1ccc(OC(=O)CS/C=C\N)cc1. The number of thioether (sulfide) groups is 1. The molecule has 22 heavy (non-hydrogen) atoms. The van der Waals surface area contributed by atoms with Crippen LogP contribution in [0.1, 0.15) is 20.8 Å². The molecule has 0 aromatic heterocycles. The molecule has 0 unspecified atom stereocenters. The highest BCUT2D eigenvalue weighted by Gasteiger charge is 2.16. The van der Waals surface area contributed by atoms with E-state index >= 15 is 0 Å². The normalized spacial score (nSPS) is 11.2. The van der Waals surface area contributed by atoms with E-state index in [9.17, 15) is 9.59 Å². The summed E-state index contributed by atoms with van der Waals surface area (Å²) in [5.74, 6) is 0.194. The molecule has 0 aliphatic rings. The fourth-order valence-electron chi connectivity index (χ4n) is 1.36. The van der Waals surface area contributed by atoms with Gasteiger partial charge in [-0.3, -0.25) is 10.1 Å². The Balaban J connectivity index is 2.49. The van der Waals surface area contributed by atoms with Crippen molar-refractivity contribution in [2.45, 2.75) is 26.4 Å². The zero-order chi connectivity index (χ0) is 16.6. The predicted molar refractivity (Wildman–Crippen MR) is 87.7 cm³/mol. The fourth-order valence-corrected chi connectivity index (χ4v) is 1.76. The molecule has 7 heteroatoms. The van der Waals surface area contributed by atoms with Gasteiger partial charge >= 0.3 is 12.1 Å². The molecule has 6 nitrogen and oxygen atoms in total. The average molecular weight is 324 g/mol. The Morgan fingerprint density at radius 2 is 1.91 bits per heavy atom. The van der Waals surface area contributed by atoms with Gasteiger partial charge in [-0.1, -0.05) is 0 Å². The second-order valence-corrected chi connectivity index (χ2v) is 6.16. The number of nitrogens with one attached hydrogen (secondary N) is 1. The molecule has 0 saturated carbocycles. The Morgan fingerprint density at radius 3 is 2.45 bits per heavy atom. The van der Waals surface area contributed by atoms with Crippen molar-refractivity contribution in [2.24, 2.45) is 5.73 Å². The minimum atomic E-state index is -0.560. The third-order valence-corrected chi connectivity index (χ3v) is 2.86. The lowest BCUT2D eigenvalue weighted by Gasteiger charge is -2.19. The lowest BCUT2D eigenvalue weighted by atomic mass is 10.2. The Morgan fingerprint density at radius 1 is 1.27 bits per heavy atom. The van der Waals surface area contributed by atoms with Gasteiger partial charge in [-0.25, -0.2) is 4.79 Å². The quantitative estimate of drug-likeness (QED) is 0.639. The van der Waals surface area contributed by atoms with Gasteiger partial charge in [-0.15, -0.1) is 11.8 Å². The molecule has 0 spiro atoms. The summed E-state index contributed by atoms with van der Waals surface area (Å²) >= 11 is 1.24. The van der Waals surface area contributed by atoms with Crippen LogP contribution < -0.4 is 15.8 Å². The Hall–Kier alpha value is -2.15. The van der Waals surface area contributed by atoms with E-state index in [1.807, 2.05) is 0 Å². The van der Waals surface area contributed by atoms with Crippen LogP contribution in [0.2, 0.25) is 0 Å². The van der Waals surface area contributed by atoms with Crippen molar-refractivity contribution in [3.05, 3.63) is 35.9 Å². The minimum Gasteiger partial charge on any atom is -0.444 e. The highest BCUT2D eigenvalue weighted by atomic mass is 32.2. The van der Waals surface area contributed by atoms with E-state index < -0.39 is 11.7 Å². The number of rotatable bonds is 5. The molecule has 0 aliphatic carbocycles. The highest BCUT2D eigenvalue weighted by Crippen LogP contribution is 2.17. The molecule has 0 fully saturated rings. The number of hydrogen-bond acceptors (Lipinski definition) is 6. The number of nitrogens with two attached hydrogens (primary N) is 1. The molecular weight excluding hydrogens is 304 g/mol. The van der Waals surface area contributed by atoms with Crippen molar-refractivity contribution in [3.8, 4) is 5.75 Å². The summed E-state index contributed by atoms with van der Waals surface area (Å²) in [5.41, 5.74) is 5.15. The number of benzene rings is 1. The van der Waals surface area contributed by atoms with E-state index in [0.717, 1.165) is 0 Å². The van der Waals surface area contributed by atoms with Crippen LogP contribution in [0.3, 0.4) is 0 Å². The second-order valence-electron chi connectivity index (χ2n) is 5.26.